The van der Waals surface area contributed by atoms with E-state index in [4.69, 9.17) is 4.42 Å². The molecule has 6 nitrogen and oxygen atoms in total. The van der Waals surface area contributed by atoms with Crippen LogP contribution in [0.4, 0.5) is 0 Å². The molecule has 7 heteroatoms. The lowest BCUT2D eigenvalue weighted by atomic mass is 10.1. The quantitative estimate of drug-likeness (QED) is 0.618. The van der Waals surface area contributed by atoms with Crippen molar-refractivity contribution >= 4 is 17.7 Å². The summed E-state index contributed by atoms with van der Waals surface area (Å²) in [7, 11) is 1.78. The smallest absolute Gasteiger partial charge is 0.233 e. The molecule has 0 aliphatic carbocycles. The third-order valence-corrected chi connectivity index (χ3v) is 5.47. The van der Waals surface area contributed by atoms with Gasteiger partial charge >= 0.3 is 0 Å². The van der Waals surface area contributed by atoms with Crippen molar-refractivity contribution in [1.82, 2.24) is 19.7 Å². The number of rotatable bonds is 6. The molecule has 26 heavy (non-hydrogen) atoms. The first-order valence-corrected chi connectivity index (χ1v) is 9.35. The van der Waals surface area contributed by atoms with E-state index in [1.165, 1.54) is 22.9 Å². The Bertz CT molecular complexity index is 889. The van der Waals surface area contributed by atoms with E-state index in [1.807, 2.05) is 29.7 Å². The summed E-state index contributed by atoms with van der Waals surface area (Å²) in [5.41, 5.74) is 3.43. The van der Waals surface area contributed by atoms with Gasteiger partial charge in [0.1, 0.15) is 12.1 Å². The van der Waals surface area contributed by atoms with Crippen molar-refractivity contribution in [3.05, 3.63) is 59.8 Å². The van der Waals surface area contributed by atoms with E-state index in [2.05, 4.69) is 36.2 Å². The van der Waals surface area contributed by atoms with Crippen LogP contribution in [0.2, 0.25) is 0 Å². The van der Waals surface area contributed by atoms with Gasteiger partial charge in [0.15, 0.2) is 5.16 Å². The largest absolute Gasteiger partial charge is 0.467 e. The first-order valence-electron chi connectivity index (χ1n) is 8.37. The molecule has 1 aromatic carbocycles. The van der Waals surface area contributed by atoms with E-state index in [9.17, 15) is 4.79 Å². The molecule has 0 bridgehead atoms. The maximum absolute atomic E-state index is 12.5. The van der Waals surface area contributed by atoms with Gasteiger partial charge in [0.2, 0.25) is 5.91 Å². The number of thioether (sulfide) groups is 1. The third-order valence-electron chi connectivity index (χ3n) is 4.54. The van der Waals surface area contributed by atoms with Gasteiger partial charge in [-0.2, -0.15) is 0 Å². The number of carbonyl (C=O) groups is 1. The summed E-state index contributed by atoms with van der Waals surface area (Å²) in [6.07, 6.45) is 3.29. The van der Waals surface area contributed by atoms with E-state index >= 15 is 0 Å². The Balaban J connectivity index is 1.68. The fraction of sp³-hybridized carbons (Fsp3) is 0.316. The van der Waals surface area contributed by atoms with Gasteiger partial charge in [-0.25, -0.2) is 0 Å². The van der Waals surface area contributed by atoms with Gasteiger partial charge in [0.05, 0.1) is 18.1 Å². The highest BCUT2D eigenvalue weighted by Crippen LogP contribution is 2.24. The monoisotopic (exact) mass is 370 g/mol. The number of aryl methyl sites for hydroxylation is 2. The van der Waals surface area contributed by atoms with Crippen LogP contribution in [-0.2, 0) is 4.79 Å². The van der Waals surface area contributed by atoms with E-state index in [0.29, 0.717) is 5.16 Å². The van der Waals surface area contributed by atoms with Crippen LogP contribution in [0.3, 0.4) is 0 Å². The highest BCUT2D eigenvalue weighted by atomic mass is 32.2. The fourth-order valence-electron chi connectivity index (χ4n) is 2.54. The minimum Gasteiger partial charge on any atom is -0.467 e. The summed E-state index contributed by atoms with van der Waals surface area (Å²) in [5.74, 6) is 1.06. The Hall–Kier alpha value is -2.54. The van der Waals surface area contributed by atoms with E-state index in [-0.39, 0.29) is 17.7 Å². The number of carbonyl (C=O) groups excluding carboxylic acids is 1. The number of amides is 1. The van der Waals surface area contributed by atoms with Gasteiger partial charge in [0.25, 0.3) is 0 Å². The van der Waals surface area contributed by atoms with Gasteiger partial charge in [-0.1, -0.05) is 17.8 Å². The second-order valence-electron chi connectivity index (χ2n) is 6.24. The molecule has 0 radical (unpaired) electrons. The van der Waals surface area contributed by atoms with Crippen LogP contribution in [0.15, 0.2) is 52.5 Å². The number of hydrogen-bond donors (Lipinski definition) is 0. The van der Waals surface area contributed by atoms with Gasteiger partial charge in [-0.05, 0) is 56.2 Å². The third kappa shape index (κ3) is 3.83. The first-order chi connectivity index (χ1) is 12.5. The molecule has 0 aliphatic rings. The molecule has 3 rings (SSSR count). The Morgan fingerprint density at radius 3 is 2.81 bits per heavy atom. The molecule has 0 N–H and O–H groups in total. The summed E-state index contributed by atoms with van der Waals surface area (Å²) in [5, 5.41) is 8.85. The molecule has 0 saturated heterocycles. The molecule has 0 aliphatic heterocycles. The molecule has 2 aromatic heterocycles. The summed E-state index contributed by atoms with van der Waals surface area (Å²) in [6, 6.07) is 9.78. The maximum Gasteiger partial charge on any atom is 0.233 e. The van der Waals surface area contributed by atoms with Crippen molar-refractivity contribution in [2.75, 3.05) is 12.8 Å². The predicted octanol–water partition coefficient (Wildman–Crippen LogP) is 3.79. The van der Waals surface area contributed by atoms with Crippen molar-refractivity contribution in [1.29, 1.82) is 0 Å². The van der Waals surface area contributed by atoms with Gasteiger partial charge < -0.3 is 9.32 Å². The van der Waals surface area contributed by atoms with E-state index in [0.717, 1.165) is 11.4 Å². The molecule has 3 aromatic rings. The van der Waals surface area contributed by atoms with Crippen molar-refractivity contribution in [2.45, 2.75) is 32.0 Å². The molecule has 1 unspecified atom stereocenters. The lowest BCUT2D eigenvalue weighted by Gasteiger charge is -2.23. The number of nitrogens with zero attached hydrogens (tertiary/aromatic N) is 4. The number of benzene rings is 1. The number of hydrogen-bond acceptors (Lipinski definition) is 5. The Morgan fingerprint density at radius 1 is 1.31 bits per heavy atom. The summed E-state index contributed by atoms with van der Waals surface area (Å²) >= 11 is 1.38. The summed E-state index contributed by atoms with van der Waals surface area (Å²) in [4.78, 5) is 14.2. The minimum absolute atomic E-state index is 0.00790. The second-order valence-corrected chi connectivity index (χ2v) is 7.18. The molecule has 0 saturated carbocycles. The highest BCUT2D eigenvalue weighted by molar-refractivity contribution is 7.99. The zero-order valence-electron chi connectivity index (χ0n) is 15.3. The van der Waals surface area contributed by atoms with Crippen LogP contribution < -0.4 is 0 Å². The zero-order chi connectivity index (χ0) is 18.7. The number of furan rings is 1. The number of aromatic nitrogens is 3. The maximum atomic E-state index is 12.5. The van der Waals surface area contributed by atoms with Crippen LogP contribution in [0.1, 0.15) is 29.9 Å². The van der Waals surface area contributed by atoms with Gasteiger partial charge in [0, 0.05) is 12.7 Å². The minimum atomic E-state index is -0.115. The van der Waals surface area contributed by atoms with Crippen LogP contribution >= 0.6 is 11.8 Å². The van der Waals surface area contributed by atoms with Gasteiger partial charge in [-0.15, -0.1) is 10.2 Å². The normalized spacial score (nSPS) is 12.2. The fourth-order valence-corrected chi connectivity index (χ4v) is 3.39. The molecular formula is C19H22N4O2S. The molecule has 0 fully saturated rings. The lowest BCUT2D eigenvalue weighted by Crippen LogP contribution is -2.30. The molecule has 0 spiro atoms. The highest BCUT2D eigenvalue weighted by Gasteiger charge is 2.20. The molecule has 1 amide bonds. The van der Waals surface area contributed by atoms with Crippen molar-refractivity contribution < 1.29 is 9.21 Å². The SMILES string of the molecule is Cc1ccc(-n2cnnc2SCC(=O)N(C)C(C)c2ccco2)cc1C. The average molecular weight is 370 g/mol. The van der Waals surface area contributed by atoms with E-state index < -0.39 is 0 Å². The van der Waals surface area contributed by atoms with Crippen molar-refractivity contribution in [3.63, 3.8) is 0 Å². The van der Waals surface area contributed by atoms with Crippen LogP contribution in [0.5, 0.6) is 0 Å². The Labute approximate surface area is 157 Å². The van der Waals surface area contributed by atoms with Crippen LogP contribution in [-0.4, -0.2) is 38.4 Å². The standard InChI is InChI=1S/C19H22N4O2S/c1-13-7-8-16(10-14(13)2)23-12-20-21-19(23)26-11-18(24)22(4)15(3)17-6-5-9-25-17/h5-10,12,15H,11H2,1-4H3. The van der Waals surface area contributed by atoms with Crippen molar-refractivity contribution in [3.8, 4) is 5.69 Å². The van der Waals surface area contributed by atoms with Gasteiger partial charge in [-0.3, -0.25) is 9.36 Å². The molecular weight excluding hydrogens is 348 g/mol. The molecule has 1 atom stereocenters. The topological polar surface area (TPSA) is 64.2 Å². The first kappa shape index (κ1) is 18.3. The van der Waals surface area contributed by atoms with Crippen LogP contribution in [0, 0.1) is 13.8 Å². The van der Waals surface area contributed by atoms with Crippen LogP contribution in [0.25, 0.3) is 5.69 Å². The van der Waals surface area contributed by atoms with E-state index in [1.54, 1.807) is 24.5 Å². The van der Waals surface area contributed by atoms with Crippen molar-refractivity contribution in [2.24, 2.45) is 0 Å². The zero-order valence-corrected chi connectivity index (χ0v) is 16.2. The average Bonchev–Trinajstić information content (AvgIpc) is 3.32. The second kappa shape index (κ2) is 7.78. The Morgan fingerprint density at radius 2 is 2.12 bits per heavy atom. The molecule has 2 heterocycles. The molecule has 136 valence electrons. The lowest BCUT2D eigenvalue weighted by molar-refractivity contribution is -0.129. The summed E-state index contributed by atoms with van der Waals surface area (Å²) in [6.45, 7) is 6.10. The Kier molecular flexibility index (Phi) is 5.46. The summed E-state index contributed by atoms with van der Waals surface area (Å²) < 4.78 is 7.29. The predicted molar refractivity (Wildman–Crippen MR) is 101 cm³/mol.